The van der Waals surface area contributed by atoms with Crippen LogP contribution < -0.4 is 14.2 Å². The van der Waals surface area contributed by atoms with E-state index >= 15 is 0 Å². The summed E-state index contributed by atoms with van der Waals surface area (Å²) in [6.45, 7) is 4.29. The van der Waals surface area contributed by atoms with E-state index in [0.29, 0.717) is 35.3 Å². The van der Waals surface area contributed by atoms with Crippen molar-refractivity contribution in [2.45, 2.75) is 13.0 Å². The quantitative estimate of drug-likeness (QED) is 0.461. The minimum atomic E-state index is -0.0732. The molecule has 3 aromatic rings. The van der Waals surface area contributed by atoms with Crippen molar-refractivity contribution >= 4 is 5.91 Å². The number of carbonyl (C=O) groups excluding carboxylic acids is 1. The van der Waals surface area contributed by atoms with Gasteiger partial charge in [-0.15, -0.1) is 6.58 Å². The van der Waals surface area contributed by atoms with Gasteiger partial charge in [0.15, 0.2) is 11.5 Å². The van der Waals surface area contributed by atoms with Crippen LogP contribution in [0.4, 0.5) is 0 Å². The van der Waals surface area contributed by atoms with Crippen LogP contribution in [-0.2, 0) is 17.8 Å². The second-order valence-electron chi connectivity index (χ2n) is 6.67. The molecule has 31 heavy (non-hydrogen) atoms. The SMILES string of the molecule is C=CCN(Cc1nc(-c2ccc(OC)c(OC)c2)no1)C(=O)Cc1ccc(OC)cc1. The summed E-state index contributed by atoms with van der Waals surface area (Å²) in [5, 5.41) is 4.03. The van der Waals surface area contributed by atoms with Gasteiger partial charge in [-0.25, -0.2) is 0 Å². The summed E-state index contributed by atoms with van der Waals surface area (Å²) >= 11 is 0. The topological polar surface area (TPSA) is 86.9 Å². The summed E-state index contributed by atoms with van der Waals surface area (Å²) in [5.74, 6) is 2.57. The third-order valence-electron chi connectivity index (χ3n) is 4.65. The fourth-order valence-corrected chi connectivity index (χ4v) is 3.02. The first kappa shape index (κ1) is 21.9. The Morgan fingerprint density at radius 2 is 1.81 bits per heavy atom. The van der Waals surface area contributed by atoms with Crippen molar-refractivity contribution in [3.8, 4) is 28.6 Å². The van der Waals surface area contributed by atoms with Gasteiger partial charge in [-0.05, 0) is 35.9 Å². The predicted molar refractivity (Wildman–Crippen MR) is 115 cm³/mol. The van der Waals surface area contributed by atoms with Crippen LogP contribution in [0.15, 0.2) is 59.6 Å². The van der Waals surface area contributed by atoms with Crippen LogP contribution in [0.5, 0.6) is 17.2 Å². The summed E-state index contributed by atoms with van der Waals surface area (Å²) in [7, 11) is 4.73. The molecule has 2 aromatic carbocycles. The highest BCUT2D eigenvalue weighted by Gasteiger charge is 2.18. The smallest absolute Gasteiger partial charge is 0.246 e. The van der Waals surface area contributed by atoms with E-state index in [1.54, 1.807) is 44.4 Å². The molecule has 0 bridgehead atoms. The molecule has 0 saturated heterocycles. The molecule has 0 aliphatic rings. The molecule has 162 valence electrons. The molecule has 0 unspecified atom stereocenters. The minimum Gasteiger partial charge on any atom is -0.497 e. The summed E-state index contributed by atoms with van der Waals surface area (Å²) in [6, 6.07) is 12.7. The Morgan fingerprint density at radius 1 is 1.06 bits per heavy atom. The van der Waals surface area contributed by atoms with Gasteiger partial charge in [-0.3, -0.25) is 4.79 Å². The average Bonchev–Trinajstić information content (AvgIpc) is 3.27. The van der Waals surface area contributed by atoms with Crippen LogP contribution >= 0.6 is 0 Å². The summed E-state index contributed by atoms with van der Waals surface area (Å²) in [5.41, 5.74) is 1.60. The van der Waals surface area contributed by atoms with Gasteiger partial charge < -0.3 is 23.6 Å². The summed E-state index contributed by atoms with van der Waals surface area (Å²) < 4.78 is 21.1. The number of aromatic nitrogens is 2. The van der Waals surface area contributed by atoms with E-state index in [4.69, 9.17) is 18.7 Å². The molecule has 0 radical (unpaired) electrons. The molecular weight excluding hydrogens is 398 g/mol. The first-order chi connectivity index (χ1) is 15.1. The largest absolute Gasteiger partial charge is 0.497 e. The van der Waals surface area contributed by atoms with Gasteiger partial charge in [0.05, 0.1) is 27.8 Å². The number of benzene rings is 2. The average molecular weight is 423 g/mol. The molecule has 0 N–H and O–H groups in total. The number of amides is 1. The van der Waals surface area contributed by atoms with Gasteiger partial charge in [0, 0.05) is 12.1 Å². The van der Waals surface area contributed by atoms with Crippen LogP contribution in [0.2, 0.25) is 0 Å². The highest BCUT2D eigenvalue weighted by molar-refractivity contribution is 5.79. The van der Waals surface area contributed by atoms with Crippen molar-refractivity contribution in [2.24, 2.45) is 0 Å². The van der Waals surface area contributed by atoms with Gasteiger partial charge >= 0.3 is 0 Å². The zero-order valence-electron chi connectivity index (χ0n) is 17.8. The van der Waals surface area contributed by atoms with Crippen molar-refractivity contribution in [1.82, 2.24) is 15.0 Å². The lowest BCUT2D eigenvalue weighted by atomic mass is 10.1. The van der Waals surface area contributed by atoms with E-state index in [0.717, 1.165) is 11.3 Å². The van der Waals surface area contributed by atoms with Gasteiger partial charge in [-0.1, -0.05) is 23.4 Å². The zero-order valence-corrected chi connectivity index (χ0v) is 17.8. The molecule has 0 atom stereocenters. The fraction of sp³-hybridized carbons (Fsp3) is 0.261. The van der Waals surface area contributed by atoms with Crippen molar-refractivity contribution in [3.05, 3.63) is 66.6 Å². The summed E-state index contributed by atoms with van der Waals surface area (Å²) in [4.78, 5) is 18.9. The van der Waals surface area contributed by atoms with Gasteiger partial charge in [0.25, 0.3) is 0 Å². The number of methoxy groups -OCH3 is 3. The van der Waals surface area contributed by atoms with Crippen LogP contribution in [0.1, 0.15) is 11.5 Å². The van der Waals surface area contributed by atoms with Crippen LogP contribution in [0.25, 0.3) is 11.4 Å². The molecule has 8 nitrogen and oxygen atoms in total. The second-order valence-corrected chi connectivity index (χ2v) is 6.67. The van der Waals surface area contributed by atoms with Crippen molar-refractivity contribution in [2.75, 3.05) is 27.9 Å². The molecule has 0 saturated carbocycles. The molecule has 0 aliphatic carbocycles. The zero-order chi connectivity index (χ0) is 22.2. The lowest BCUT2D eigenvalue weighted by Crippen LogP contribution is -2.32. The molecule has 8 heteroatoms. The number of carbonyl (C=O) groups is 1. The number of rotatable bonds is 10. The van der Waals surface area contributed by atoms with Gasteiger partial charge in [0.2, 0.25) is 17.6 Å². The molecule has 0 spiro atoms. The van der Waals surface area contributed by atoms with E-state index < -0.39 is 0 Å². The third kappa shape index (κ3) is 5.42. The number of hydrogen-bond donors (Lipinski definition) is 0. The molecule has 0 fully saturated rings. The second kappa shape index (κ2) is 10.3. The first-order valence-electron chi connectivity index (χ1n) is 9.64. The van der Waals surface area contributed by atoms with Crippen LogP contribution in [0.3, 0.4) is 0 Å². The monoisotopic (exact) mass is 423 g/mol. The molecule has 1 amide bonds. The van der Waals surface area contributed by atoms with Gasteiger partial charge in [0.1, 0.15) is 12.3 Å². The van der Waals surface area contributed by atoms with Crippen LogP contribution in [0, 0.1) is 0 Å². The lowest BCUT2D eigenvalue weighted by molar-refractivity contribution is -0.130. The molecule has 0 aliphatic heterocycles. The van der Waals surface area contributed by atoms with Crippen molar-refractivity contribution in [3.63, 3.8) is 0 Å². The molecule has 1 aromatic heterocycles. The standard InChI is InChI=1S/C23H25N3O5/c1-5-12-26(22(27)13-16-6-9-18(28-2)10-7-16)15-21-24-23(25-31-21)17-8-11-19(29-3)20(14-17)30-4/h5-11,14H,1,12-13,15H2,2-4H3. The van der Waals surface area contributed by atoms with Crippen molar-refractivity contribution < 1.29 is 23.5 Å². The first-order valence-corrected chi connectivity index (χ1v) is 9.64. The number of nitrogens with zero attached hydrogens (tertiary/aromatic N) is 3. The fourth-order valence-electron chi connectivity index (χ4n) is 3.02. The van der Waals surface area contributed by atoms with E-state index in [-0.39, 0.29) is 18.9 Å². The predicted octanol–water partition coefficient (Wildman–Crippen LogP) is 3.52. The molecule has 1 heterocycles. The highest BCUT2D eigenvalue weighted by Crippen LogP contribution is 2.31. The Balaban J connectivity index is 1.72. The van der Waals surface area contributed by atoms with Crippen molar-refractivity contribution in [1.29, 1.82) is 0 Å². The maximum atomic E-state index is 12.8. The van der Waals surface area contributed by atoms with E-state index in [2.05, 4.69) is 16.7 Å². The number of hydrogen-bond acceptors (Lipinski definition) is 7. The Hall–Kier alpha value is -3.81. The maximum absolute atomic E-state index is 12.8. The Kier molecular flexibility index (Phi) is 7.26. The van der Waals surface area contributed by atoms with E-state index in [1.807, 2.05) is 30.3 Å². The number of ether oxygens (including phenoxy) is 3. The lowest BCUT2D eigenvalue weighted by Gasteiger charge is -2.19. The normalized spacial score (nSPS) is 10.4. The Labute approximate surface area is 181 Å². The van der Waals surface area contributed by atoms with Crippen LogP contribution in [-0.4, -0.2) is 48.8 Å². The Morgan fingerprint density at radius 3 is 2.45 bits per heavy atom. The minimum absolute atomic E-state index is 0.0732. The van der Waals surface area contributed by atoms with E-state index in [9.17, 15) is 4.79 Å². The Bertz CT molecular complexity index is 1030. The summed E-state index contributed by atoms with van der Waals surface area (Å²) in [6.07, 6.45) is 1.91. The maximum Gasteiger partial charge on any atom is 0.246 e. The molecular formula is C23H25N3O5. The highest BCUT2D eigenvalue weighted by atomic mass is 16.5. The van der Waals surface area contributed by atoms with Gasteiger partial charge in [-0.2, -0.15) is 4.98 Å². The third-order valence-corrected chi connectivity index (χ3v) is 4.65. The molecule has 3 rings (SSSR count). The van der Waals surface area contributed by atoms with E-state index in [1.165, 1.54) is 0 Å².